The van der Waals surface area contributed by atoms with Gasteiger partial charge in [-0.15, -0.1) is 0 Å². The standard InChI is InChI=1S/C6H7IN2O2/c1-10-5-6(11-2)9-4(7)3-8-5/h3H,1-2H3. The Hall–Kier alpha value is -0.590. The van der Waals surface area contributed by atoms with Crippen LogP contribution in [0.1, 0.15) is 0 Å². The van der Waals surface area contributed by atoms with Crippen LogP contribution in [0.4, 0.5) is 0 Å². The molecule has 0 saturated carbocycles. The van der Waals surface area contributed by atoms with Gasteiger partial charge in [-0.3, -0.25) is 0 Å². The number of ether oxygens (including phenoxy) is 2. The van der Waals surface area contributed by atoms with E-state index >= 15 is 0 Å². The third-order valence-corrected chi connectivity index (χ3v) is 1.59. The summed E-state index contributed by atoms with van der Waals surface area (Å²) in [6.45, 7) is 0. The van der Waals surface area contributed by atoms with E-state index in [4.69, 9.17) is 9.47 Å². The van der Waals surface area contributed by atoms with Crippen molar-refractivity contribution in [1.29, 1.82) is 0 Å². The predicted octanol–water partition coefficient (Wildman–Crippen LogP) is 1.10. The van der Waals surface area contributed by atoms with Crippen molar-refractivity contribution in [2.24, 2.45) is 0 Å². The van der Waals surface area contributed by atoms with Gasteiger partial charge in [0, 0.05) is 0 Å². The molecule has 1 aromatic heterocycles. The molecular weight excluding hydrogens is 259 g/mol. The van der Waals surface area contributed by atoms with Crippen LogP contribution in [0.15, 0.2) is 6.20 Å². The first-order valence-corrected chi connectivity index (χ1v) is 3.96. The van der Waals surface area contributed by atoms with E-state index in [0.717, 1.165) is 3.70 Å². The van der Waals surface area contributed by atoms with Crippen LogP contribution in [-0.2, 0) is 0 Å². The Labute approximate surface area is 78.1 Å². The second-order valence-electron chi connectivity index (χ2n) is 1.71. The highest BCUT2D eigenvalue weighted by molar-refractivity contribution is 14.1. The van der Waals surface area contributed by atoms with Crippen LogP contribution in [0.2, 0.25) is 0 Å². The molecule has 0 atom stereocenters. The first-order valence-electron chi connectivity index (χ1n) is 2.88. The highest BCUT2D eigenvalue weighted by Gasteiger charge is 2.05. The van der Waals surface area contributed by atoms with E-state index in [-0.39, 0.29) is 0 Å². The largest absolute Gasteiger partial charge is 0.477 e. The predicted molar refractivity (Wildman–Crippen MR) is 47.9 cm³/mol. The van der Waals surface area contributed by atoms with Gasteiger partial charge in [0.15, 0.2) is 0 Å². The van der Waals surface area contributed by atoms with Gasteiger partial charge in [-0.25, -0.2) is 9.97 Å². The number of rotatable bonds is 2. The number of nitrogens with zero attached hydrogens (tertiary/aromatic N) is 2. The third-order valence-electron chi connectivity index (χ3n) is 1.07. The van der Waals surface area contributed by atoms with Crippen LogP contribution in [0, 0.1) is 3.70 Å². The zero-order valence-electron chi connectivity index (χ0n) is 6.17. The zero-order valence-corrected chi connectivity index (χ0v) is 8.32. The van der Waals surface area contributed by atoms with Gasteiger partial charge in [-0.1, -0.05) is 0 Å². The maximum atomic E-state index is 4.91. The maximum Gasteiger partial charge on any atom is 0.278 e. The Morgan fingerprint density at radius 3 is 2.45 bits per heavy atom. The van der Waals surface area contributed by atoms with Crippen LogP contribution < -0.4 is 9.47 Å². The Morgan fingerprint density at radius 2 is 1.91 bits per heavy atom. The van der Waals surface area contributed by atoms with Crippen molar-refractivity contribution < 1.29 is 9.47 Å². The SMILES string of the molecule is COc1ncc(I)nc1OC. The molecule has 0 unspecified atom stereocenters. The molecule has 0 radical (unpaired) electrons. The Bertz CT molecular complexity index is 254. The molecular formula is C6H7IN2O2. The number of hydrogen-bond donors (Lipinski definition) is 0. The summed E-state index contributed by atoms with van der Waals surface area (Å²) < 4.78 is 10.6. The molecule has 4 nitrogen and oxygen atoms in total. The second-order valence-corrected chi connectivity index (χ2v) is 2.82. The monoisotopic (exact) mass is 266 g/mol. The van der Waals surface area contributed by atoms with Crippen molar-refractivity contribution >= 4 is 22.6 Å². The summed E-state index contributed by atoms with van der Waals surface area (Å²) in [6, 6.07) is 0. The molecule has 60 valence electrons. The summed E-state index contributed by atoms with van der Waals surface area (Å²) in [4.78, 5) is 7.99. The topological polar surface area (TPSA) is 44.2 Å². The minimum atomic E-state index is 0.410. The molecule has 0 aromatic carbocycles. The van der Waals surface area contributed by atoms with Gasteiger partial charge in [-0.2, -0.15) is 0 Å². The summed E-state index contributed by atoms with van der Waals surface area (Å²) >= 11 is 2.05. The summed E-state index contributed by atoms with van der Waals surface area (Å²) in [6.07, 6.45) is 1.61. The van der Waals surface area contributed by atoms with Gasteiger partial charge in [0.2, 0.25) is 0 Å². The summed E-state index contributed by atoms with van der Waals surface area (Å²) in [5.41, 5.74) is 0. The number of aromatic nitrogens is 2. The van der Waals surface area contributed by atoms with Gasteiger partial charge in [-0.05, 0) is 22.6 Å². The molecule has 1 aromatic rings. The lowest BCUT2D eigenvalue weighted by atomic mass is 10.7. The van der Waals surface area contributed by atoms with Crippen molar-refractivity contribution in [2.45, 2.75) is 0 Å². The maximum absolute atomic E-state index is 4.91. The number of halogens is 1. The van der Waals surface area contributed by atoms with Crippen LogP contribution in [-0.4, -0.2) is 24.2 Å². The number of hydrogen-bond acceptors (Lipinski definition) is 4. The average Bonchev–Trinajstić information content (AvgIpc) is 2.04. The fraction of sp³-hybridized carbons (Fsp3) is 0.333. The molecule has 0 N–H and O–H groups in total. The number of methoxy groups -OCH3 is 2. The van der Waals surface area contributed by atoms with Crippen LogP contribution in [0.5, 0.6) is 11.8 Å². The van der Waals surface area contributed by atoms with E-state index in [1.807, 2.05) is 0 Å². The van der Waals surface area contributed by atoms with E-state index in [1.54, 1.807) is 6.20 Å². The minimum absolute atomic E-state index is 0.410. The smallest absolute Gasteiger partial charge is 0.278 e. The van der Waals surface area contributed by atoms with Gasteiger partial charge >= 0.3 is 0 Å². The second kappa shape index (κ2) is 3.70. The minimum Gasteiger partial charge on any atom is -0.477 e. The van der Waals surface area contributed by atoms with E-state index in [0.29, 0.717) is 11.8 Å². The van der Waals surface area contributed by atoms with Crippen LogP contribution in [0.3, 0.4) is 0 Å². The van der Waals surface area contributed by atoms with Crippen LogP contribution in [0.25, 0.3) is 0 Å². The fourth-order valence-electron chi connectivity index (χ4n) is 0.614. The molecule has 0 saturated heterocycles. The van der Waals surface area contributed by atoms with Crippen LogP contribution >= 0.6 is 22.6 Å². The molecule has 11 heavy (non-hydrogen) atoms. The molecule has 0 aliphatic heterocycles. The van der Waals surface area contributed by atoms with Gasteiger partial charge in [0.25, 0.3) is 11.8 Å². The first kappa shape index (κ1) is 8.51. The lowest BCUT2D eigenvalue weighted by Crippen LogP contribution is -1.97. The van der Waals surface area contributed by atoms with Gasteiger partial charge in [0.1, 0.15) is 3.70 Å². The molecule has 0 aliphatic rings. The highest BCUT2D eigenvalue weighted by atomic mass is 127. The molecule has 0 aliphatic carbocycles. The van der Waals surface area contributed by atoms with E-state index < -0.39 is 0 Å². The molecule has 5 heteroatoms. The van der Waals surface area contributed by atoms with Crippen molar-refractivity contribution in [1.82, 2.24) is 9.97 Å². The summed E-state index contributed by atoms with van der Waals surface area (Å²) in [5, 5.41) is 0. The van der Waals surface area contributed by atoms with Gasteiger partial charge in [0.05, 0.1) is 20.4 Å². The fourth-order valence-corrected chi connectivity index (χ4v) is 0.972. The Morgan fingerprint density at radius 1 is 1.27 bits per heavy atom. The van der Waals surface area contributed by atoms with E-state index in [9.17, 15) is 0 Å². The Kier molecular flexibility index (Phi) is 2.86. The quantitative estimate of drug-likeness (QED) is 0.752. The molecule has 0 fully saturated rings. The van der Waals surface area contributed by atoms with E-state index in [2.05, 4.69) is 32.6 Å². The molecule has 0 amide bonds. The normalized spacial score (nSPS) is 9.36. The highest BCUT2D eigenvalue weighted by Crippen LogP contribution is 2.20. The zero-order chi connectivity index (χ0) is 8.27. The lowest BCUT2D eigenvalue weighted by Gasteiger charge is -2.03. The van der Waals surface area contributed by atoms with Crippen molar-refractivity contribution in [2.75, 3.05) is 14.2 Å². The molecule has 0 bridgehead atoms. The third kappa shape index (κ3) is 1.92. The average molecular weight is 266 g/mol. The van der Waals surface area contributed by atoms with Crippen molar-refractivity contribution in [3.63, 3.8) is 0 Å². The summed E-state index contributed by atoms with van der Waals surface area (Å²) in [5.74, 6) is 0.826. The van der Waals surface area contributed by atoms with Crippen molar-refractivity contribution in [3.05, 3.63) is 9.90 Å². The van der Waals surface area contributed by atoms with E-state index in [1.165, 1.54) is 14.2 Å². The Balaban J connectivity index is 3.06. The van der Waals surface area contributed by atoms with Gasteiger partial charge < -0.3 is 9.47 Å². The molecule has 1 rings (SSSR count). The molecule has 1 heterocycles. The van der Waals surface area contributed by atoms with Crippen molar-refractivity contribution in [3.8, 4) is 11.8 Å². The molecule has 0 spiro atoms. The first-order chi connectivity index (χ1) is 5.27. The lowest BCUT2D eigenvalue weighted by molar-refractivity contribution is 0.330. The summed E-state index contributed by atoms with van der Waals surface area (Å²) in [7, 11) is 3.06.